The molecule has 0 atom stereocenters. The van der Waals surface area contributed by atoms with E-state index < -0.39 is 16.0 Å². The van der Waals surface area contributed by atoms with E-state index >= 15 is 0 Å². The van der Waals surface area contributed by atoms with Gasteiger partial charge < -0.3 is 14.4 Å². The van der Waals surface area contributed by atoms with Crippen LogP contribution in [0.1, 0.15) is 22.3 Å². The molecule has 2 aromatic heterocycles. The molecule has 0 spiro atoms. The molecule has 234 valence electrons. The van der Waals surface area contributed by atoms with Gasteiger partial charge in [0.15, 0.2) is 5.69 Å². The average molecular weight is 638 g/mol. The molecule has 0 fully saturated rings. The molecule has 0 saturated carbocycles. The Hall–Kier alpha value is -5.47. The van der Waals surface area contributed by atoms with Crippen LogP contribution in [0.5, 0.6) is 17.4 Å². The lowest BCUT2D eigenvalue weighted by Gasteiger charge is -2.28. The molecular formula is C35H32FN5O4S. The number of pyridine rings is 2. The van der Waals surface area contributed by atoms with Gasteiger partial charge in [-0.05, 0) is 59.5 Å². The molecule has 1 N–H and O–H groups in total. The van der Waals surface area contributed by atoms with Gasteiger partial charge in [-0.2, -0.15) is 9.37 Å². The molecule has 5 rings (SSSR count). The van der Waals surface area contributed by atoms with Crippen molar-refractivity contribution in [3.8, 4) is 17.4 Å². The third kappa shape index (κ3) is 9.03. The number of halogens is 1. The van der Waals surface area contributed by atoms with Crippen molar-refractivity contribution < 1.29 is 22.3 Å². The third-order valence-corrected chi connectivity index (χ3v) is 7.61. The summed E-state index contributed by atoms with van der Waals surface area (Å²) in [6.45, 7) is 10.4. The zero-order chi connectivity index (χ0) is 32.5. The Bertz CT molecular complexity index is 1930. The zero-order valence-electron chi connectivity index (χ0n) is 25.4. The zero-order valence-corrected chi connectivity index (χ0v) is 26.2. The smallest absolute Gasteiger partial charge is 0.229 e. The minimum Gasteiger partial charge on any atom is -0.477 e. The van der Waals surface area contributed by atoms with E-state index in [1.54, 1.807) is 48.8 Å². The Kier molecular flexibility index (Phi) is 10.1. The summed E-state index contributed by atoms with van der Waals surface area (Å²) in [7, 11) is -3.47. The molecule has 0 saturated heterocycles. The molecule has 2 heterocycles. The van der Waals surface area contributed by atoms with Crippen LogP contribution in [0, 0.1) is 19.4 Å². The molecule has 9 nitrogen and oxygen atoms in total. The molecule has 0 aliphatic carbocycles. The van der Waals surface area contributed by atoms with Crippen molar-refractivity contribution in [2.75, 3.05) is 22.5 Å². The maximum atomic E-state index is 14.3. The summed E-state index contributed by atoms with van der Waals surface area (Å²) >= 11 is 0. The van der Waals surface area contributed by atoms with Gasteiger partial charge in [0.05, 0.1) is 25.1 Å². The first kappa shape index (κ1) is 31.9. The number of nitrogens with one attached hydrogen (secondary N) is 1. The molecule has 0 aliphatic heterocycles. The molecule has 46 heavy (non-hydrogen) atoms. The van der Waals surface area contributed by atoms with Crippen LogP contribution in [0.2, 0.25) is 0 Å². The summed E-state index contributed by atoms with van der Waals surface area (Å²) < 4.78 is 52.4. The highest BCUT2D eigenvalue weighted by atomic mass is 32.2. The van der Waals surface area contributed by atoms with E-state index in [-0.39, 0.29) is 11.6 Å². The van der Waals surface area contributed by atoms with Gasteiger partial charge in [0.1, 0.15) is 11.5 Å². The largest absolute Gasteiger partial charge is 0.477 e. The minimum absolute atomic E-state index is 0.124. The van der Waals surface area contributed by atoms with Gasteiger partial charge >= 0.3 is 0 Å². The highest BCUT2D eigenvalue weighted by Crippen LogP contribution is 2.31. The van der Waals surface area contributed by atoms with Crippen LogP contribution in [-0.4, -0.2) is 31.2 Å². The number of nitrogens with zero attached hydrogens (tertiary/aromatic N) is 4. The summed E-state index contributed by atoms with van der Waals surface area (Å²) in [4.78, 5) is 13.5. The van der Waals surface area contributed by atoms with Crippen molar-refractivity contribution in [3.05, 3.63) is 143 Å². The lowest BCUT2D eigenvalue weighted by atomic mass is 10.1. The summed E-state index contributed by atoms with van der Waals surface area (Å²) in [6, 6.07) is 26.8. The number of ether oxygens (including phenoxy) is 2. The molecule has 0 radical (unpaired) electrons. The van der Waals surface area contributed by atoms with Crippen molar-refractivity contribution in [3.63, 3.8) is 0 Å². The Morgan fingerprint density at radius 3 is 2.28 bits per heavy atom. The highest BCUT2D eigenvalue weighted by molar-refractivity contribution is 7.92. The summed E-state index contributed by atoms with van der Waals surface area (Å²) in [5, 5.41) is 0. The van der Waals surface area contributed by atoms with Crippen LogP contribution < -0.4 is 19.1 Å². The number of hydrogen-bond acceptors (Lipinski definition) is 7. The fourth-order valence-corrected chi connectivity index (χ4v) is 5.44. The normalized spacial score (nSPS) is 11.0. The first-order valence-corrected chi connectivity index (χ1v) is 16.3. The summed E-state index contributed by atoms with van der Waals surface area (Å²) in [6.07, 6.45) is 5.18. The van der Waals surface area contributed by atoms with E-state index in [9.17, 15) is 12.8 Å². The second-order valence-corrected chi connectivity index (χ2v) is 12.4. The number of anilines is 2. The molecule has 0 bridgehead atoms. The fourth-order valence-electron chi connectivity index (χ4n) is 4.82. The van der Waals surface area contributed by atoms with Gasteiger partial charge in [-0.3, -0.25) is 9.71 Å². The van der Waals surface area contributed by atoms with E-state index in [1.807, 2.05) is 55.5 Å². The molecule has 5 aromatic rings. The minimum atomic E-state index is -3.47. The number of benzene rings is 3. The van der Waals surface area contributed by atoms with Gasteiger partial charge in [0.25, 0.3) is 0 Å². The fraction of sp³-hybridized carbons (Fsp3) is 0.171. The molecule has 0 aliphatic rings. The second kappa shape index (κ2) is 14.5. The Labute approximate surface area is 268 Å². The number of hydrogen-bond donors (Lipinski definition) is 1. The topological polar surface area (TPSA) is 98.0 Å². The van der Waals surface area contributed by atoms with Gasteiger partial charge in [-0.15, -0.1) is 0 Å². The van der Waals surface area contributed by atoms with E-state index in [0.29, 0.717) is 43.2 Å². The molecule has 11 heteroatoms. The Morgan fingerprint density at radius 2 is 1.63 bits per heavy atom. The van der Waals surface area contributed by atoms with E-state index in [1.165, 1.54) is 6.07 Å². The summed E-state index contributed by atoms with van der Waals surface area (Å²) in [5.74, 6) is 0.173. The first-order chi connectivity index (χ1) is 22.1. The SMILES string of the molecule is [C-]#[N+]c1ccc(CN(Cc2ccc(Oc3cc(F)nc(OCCc4cccnc4)c3)cc2)c2cccc(NS(C)(=O)=O)c2C)cc1. The lowest BCUT2D eigenvalue weighted by molar-refractivity contribution is 0.302. The van der Waals surface area contributed by atoms with Crippen LogP contribution in [0.25, 0.3) is 4.85 Å². The quantitative estimate of drug-likeness (QED) is 0.106. The van der Waals surface area contributed by atoms with Crippen molar-refractivity contribution in [2.24, 2.45) is 0 Å². The van der Waals surface area contributed by atoms with Crippen LogP contribution in [0.3, 0.4) is 0 Å². The molecular weight excluding hydrogens is 605 g/mol. The van der Waals surface area contributed by atoms with Gasteiger partial charge in [0.2, 0.25) is 21.9 Å². The number of sulfonamides is 1. The van der Waals surface area contributed by atoms with Crippen molar-refractivity contribution in [2.45, 2.75) is 26.4 Å². The number of rotatable bonds is 13. The standard InChI is InChI=1S/C35H32FN5O4S/c1-25-32(40-46(3,42)43)7-4-8-33(25)41(23-27-9-13-29(37-2)14-10-27)24-28-11-15-30(16-12-28)45-31-20-34(36)39-35(21-31)44-19-17-26-6-5-18-38-22-26/h4-16,18,20-22,40H,17,19,23-24H2,1,3H3. The van der Waals surface area contributed by atoms with Crippen molar-refractivity contribution in [1.29, 1.82) is 0 Å². The van der Waals surface area contributed by atoms with Gasteiger partial charge in [0, 0.05) is 49.7 Å². The lowest BCUT2D eigenvalue weighted by Crippen LogP contribution is -2.23. The van der Waals surface area contributed by atoms with Gasteiger partial charge in [-0.25, -0.2) is 13.3 Å². The maximum Gasteiger partial charge on any atom is 0.229 e. The van der Waals surface area contributed by atoms with Crippen molar-refractivity contribution in [1.82, 2.24) is 9.97 Å². The molecule has 0 unspecified atom stereocenters. The third-order valence-electron chi connectivity index (χ3n) is 7.02. The molecule has 3 aromatic carbocycles. The van der Waals surface area contributed by atoms with Crippen LogP contribution >= 0.6 is 0 Å². The van der Waals surface area contributed by atoms with Crippen LogP contribution in [0.15, 0.2) is 103 Å². The first-order valence-electron chi connectivity index (χ1n) is 14.4. The Balaban J connectivity index is 1.31. The highest BCUT2D eigenvalue weighted by Gasteiger charge is 2.16. The predicted molar refractivity (Wildman–Crippen MR) is 176 cm³/mol. The van der Waals surface area contributed by atoms with Crippen molar-refractivity contribution >= 4 is 27.1 Å². The second-order valence-electron chi connectivity index (χ2n) is 10.6. The number of aromatic nitrogens is 2. The average Bonchev–Trinajstić information content (AvgIpc) is 3.03. The van der Waals surface area contributed by atoms with E-state index in [2.05, 4.69) is 24.4 Å². The predicted octanol–water partition coefficient (Wildman–Crippen LogP) is 7.47. The van der Waals surface area contributed by atoms with Gasteiger partial charge in [-0.1, -0.05) is 48.5 Å². The van der Waals surface area contributed by atoms with E-state index in [0.717, 1.165) is 34.2 Å². The van der Waals surface area contributed by atoms with Crippen LogP contribution in [-0.2, 0) is 29.5 Å². The van der Waals surface area contributed by atoms with E-state index in [4.69, 9.17) is 16.0 Å². The monoisotopic (exact) mass is 637 g/mol. The van der Waals surface area contributed by atoms with Crippen LogP contribution in [0.4, 0.5) is 21.5 Å². The molecule has 0 amide bonds. The summed E-state index contributed by atoms with van der Waals surface area (Å²) in [5.41, 5.74) is 5.65. The Morgan fingerprint density at radius 1 is 0.913 bits per heavy atom. The maximum absolute atomic E-state index is 14.3.